The molecule has 1 heterocycles. The highest BCUT2D eigenvalue weighted by Gasteiger charge is 2.51. The summed E-state index contributed by atoms with van der Waals surface area (Å²) in [5, 5.41) is 2.62. The molecule has 1 amide bonds. The Balaban J connectivity index is 1.65. The van der Waals surface area contributed by atoms with E-state index in [1.807, 2.05) is 12.1 Å². The van der Waals surface area contributed by atoms with Crippen LogP contribution in [0.2, 0.25) is 0 Å². The van der Waals surface area contributed by atoms with Crippen molar-refractivity contribution in [2.24, 2.45) is 5.73 Å². The first-order chi connectivity index (χ1) is 12.2. The van der Waals surface area contributed by atoms with E-state index >= 15 is 0 Å². The second-order valence-corrected chi connectivity index (χ2v) is 7.17. The topological polar surface area (TPSA) is 46.3 Å². The highest BCUT2D eigenvalue weighted by atomic mass is 16.1. The molecule has 0 atom stereocenters. The van der Waals surface area contributed by atoms with Crippen LogP contribution in [0.4, 0.5) is 5.69 Å². The summed E-state index contributed by atoms with van der Waals surface area (Å²) in [6.45, 7) is 1.00. The first-order valence-corrected chi connectivity index (χ1v) is 8.88. The zero-order valence-corrected chi connectivity index (χ0v) is 14.0. The summed E-state index contributed by atoms with van der Waals surface area (Å²) < 4.78 is 0. The van der Waals surface area contributed by atoms with Gasteiger partial charge in [0.2, 0.25) is 5.91 Å². The van der Waals surface area contributed by atoms with Crippen LogP contribution in [-0.4, -0.2) is 12.5 Å². The maximum absolute atomic E-state index is 11.6. The van der Waals surface area contributed by atoms with Gasteiger partial charge < -0.3 is 10.6 Å². The molecule has 3 heteroatoms. The lowest BCUT2D eigenvalue weighted by Gasteiger charge is -2.32. The van der Waals surface area contributed by atoms with Crippen LogP contribution in [0, 0.1) is 0 Å². The van der Waals surface area contributed by atoms with Gasteiger partial charge in [-0.15, -0.1) is 0 Å². The molecule has 3 aromatic carbocycles. The molecular weight excluding hydrogens is 308 g/mol. The summed E-state index contributed by atoms with van der Waals surface area (Å²) in [4.78, 5) is 14.1. The molecule has 1 saturated carbocycles. The van der Waals surface area contributed by atoms with Crippen LogP contribution < -0.4 is 10.6 Å². The SMILES string of the molecule is NC(=O)c1ccc2c(c1)N(C1(c3cccc4ccccc34)CC1)CC2. The van der Waals surface area contributed by atoms with Gasteiger partial charge in [-0.25, -0.2) is 0 Å². The zero-order chi connectivity index (χ0) is 17.0. The van der Waals surface area contributed by atoms with E-state index in [1.54, 1.807) is 0 Å². The number of carbonyl (C=O) groups excluding carboxylic acids is 1. The molecule has 25 heavy (non-hydrogen) atoms. The maximum atomic E-state index is 11.6. The smallest absolute Gasteiger partial charge is 0.248 e. The van der Waals surface area contributed by atoms with Crippen molar-refractivity contribution in [3.63, 3.8) is 0 Å². The number of hydrogen-bond acceptors (Lipinski definition) is 2. The van der Waals surface area contributed by atoms with Crippen LogP contribution in [-0.2, 0) is 12.0 Å². The van der Waals surface area contributed by atoms with Gasteiger partial charge in [0.15, 0.2) is 0 Å². The van der Waals surface area contributed by atoms with Crippen molar-refractivity contribution in [3.8, 4) is 0 Å². The summed E-state index contributed by atoms with van der Waals surface area (Å²) in [6.07, 6.45) is 3.34. The van der Waals surface area contributed by atoms with Crippen LogP contribution in [0.25, 0.3) is 10.8 Å². The van der Waals surface area contributed by atoms with Crippen molar-refractivity contribution in [1.29, 1.82) is 0 Å². The number of anilines is 1. The van der Waals surface area contributed by atoms with Crippen molar-refractivity contribution in [2.45, 2.75) is 24.8 Å². The molecule has 0 bridgehead atoms. The van der Waals surface area contributed by atoms with E-state index in [0.717, 1.165) is 25.8 Å². The standard InChI is InChI=1S/C22H20N2O/c23-21(25)17-9-8-16-10-13-24(20(16)14-17)22(11-12-22)19-7-3-5-15-4-1-2-6-18(15)19/h1-9,14H,10-13H2,(H2,23,25). The summed E-state index contributed by atoms with van der Waals surface area (Å²) >= 11 is 0. The van der Waals surface area contributed by atoms with Crippen LogP contribution in [0.3, 0.4) is 0 Å². The van der Waals surface area contributed by atoms with Crippen LogP contribution in [0.5, 0.6) is 0 Å². The third-order valence-electron chi connectivity index (χ3n) is 5.80. The van der Waals surface area contributed by atoms with Gasteiger partial charge in [0, 0.05) is 17.8 Å². The lowest BCUT2D eigenvalue weighted by atomic mass is 9.95. The number of hydrogen-bond donors (Lipinski definition) is 1. The summed E-state index contributed by atoms with van der Waals surface area (Å²) in [6, 6.07) is 21.1. The third kappa shape index (κ3) is 2.08. The lowest BCUT2D eigenvalue weighted by Crippen LogP contribution is -2.34. The second-order valence-electron chi connectivity index (χ2n) is 7.17. The van der Waals surface area contributed by atoms with Crippen molar-refractivity contribution in [2.75, 3.05) is 11.4 Å². The number of amides is 1. The minimum atomic E-state index is -0.357. The molecule has 5 rings (SSSR count). The van der Waals surface area contributed by atoms with Gasteiger partial charge in [-0.3, -0.25) is 4.79 Å². The van der Waals surface area contributed by atoms with Crippen molar-refractivity contribution in [1.82, 2.24) is 0 Å². The van der Waals surface area contributed by atoms with Crippen molar-refractivity contribution < 1.29 is 4.79 Å². The molecule has 2 aliphatic rings. The van der Waals surface area contributed by atoms with Gasteiger partial charge in [-0.1, -0.05) is 48.5 Å². The quantitative estimate of drug-likeness (QED) is 0.790. The summed E-state index contributed by atoms with van der Waals surface area (Å²) in [5.74, 6) is -0.357. The average molecular weight is 328 g/mol. The molecule has 2 N–H and O–H groups in total. The van der Waals surface area contributed by atoms with Gasteiger partial charge in [-0.05, 0) is 53.3 Å². The first kappa shape index (κ1) is 14.5. The second kappa shape index (κ2) is 5.09. The Morgan fingerprint density at radius 3 is 2.60 bits per heavy atom. The Morgan fingerprint density at radius 2 is 1.80 bits per heavy atom. The normalized spacial score (nSPS) is 17.5. The Morgan fingerprint density at radius 1 is 1.00 bits per heavy atom. The minimum Gasteiger partial charge on any atom is -0.366 e. The van der Waals surface area contributed by atoms with E-state index in [2.05, 4.69) is 53.4 Å². The zero-order valence-electron chi connectivity index (χ0n) is 14.0. The molecule has 0 aromatic heterocycles. The molecule has 124 valence electrons. The van der Waals surface area contributed by atoms with Gasteiger partial charge >= 0.3 is 0 Å². The number of rotatable bonds is 3. The molecule has 0 unspecified atom stereocenters. The van der Waals surface area contributed by atoms with Crippen molar-refractivity contribution >= 4 is 22.4 Å². The fourth-order valence-corrected chi connectivity index (χ4v) is 4.41. The maximum Gasteiger partial charge on any atom is 0.248 e. The molecule has 0 spiro atoms. The number of primary amides is 1. The number of benzene rings is 3. The van der Waals surface area contributed by atoms with E-state index in [1.165, 1.54) is 27.6 Å². The third-order valence-corrected chi connectivity index (χ3v) is 5.80. The van der Waals surface area contributed by atoms with E-state index < -0.39 is 0 Å². The molecular formula is C22H20N2O. The largest absolute Gasteiger partial charge is 0.366 e. The highest BCUT2D eigenvalue weighted by Crippen LogP contribution is 2.56. The van der Waals surface area contributed by atoms with E-state index in [-0.39, 0.29) is 11.4 Å². The molecule has 1 fully saturated rings. The molecule has 3 nitrogen and oxygen atoms in total. The van der Waals surface area contributed by atoms with Crippen LogP contribution in [0.15, 0.2) is 60.7 Å². The number of fused-ring (bicyclic) bond motifs is 2. The molecule has 1 aliphatic carbocycles. The Bertz CT molecular complexity index is 999. The van der Waals surface area contributed by atoms with Gasteiger partial charge in [0.1, 0.15) is 0 Å². The van der Waals surface area contributed by atoms with Crippen molar-refractivity contribution in [3.05, 3.63) is 77.4 Å². The fraction of sp³-hybridized carbons (Fsp3) is 0.227. The molecule has 0 saturated heterocycles. The number of nitrogens with two attached hydrogens (primary N) is 1. The summed E-state index contributed by atoms with van der Waals surface area (Å²) in [5.41, 5.74) is 10.1. The van der Waals surface area contributed by atoms with E-state index in [0.29, 0.717) is 5.56 Å². The number of carbonyl (C=O) groups is 1. The minimum absolute atomic E-state index is 0.0579. The molecule has 1 aliphatic heterocycles. The van der Waals surface area contributed by atoms with Crippen LogP contribution >= 0.6 is 0 Å². The van der Waals surface area contributed by atoms with Gasteiger partial charge in [0.25, 0.3) is 0 Å². The summed E-state index contributed by atoms with van der Waals surface area (Å²) in [7, 11) is 0. The Hall–Kier alpha value is -2.81. The van der Waals surface area contributed by atoms with Gasteiger partial charge in [-0.2, -0.15) is 0 Å². The fourth-order valence-electron chi connectivity index (χ4n) is 4.41. The van der Waals surface area contributed by atoms with Crippen LogP contribution in [0.1, 0.15) is 34.3 Å². The van der Waals surface area contributed by atoms with E-state index in [9.17, 15) is 4.79 Å². The molecule has 3 aromatic rings. The van der Waals surface area contributed by atoms with Gasteiger partial charge in [0.05, 0.1) is 5.54 Å². The highest BCUT2D eigenvalue weighted by molar-refractivity contribution is 5.94. The Labute approximate surface area is 147 Å². The number of nitrogens with zero attached hydrogens (tertiary/aromatic N) is 1. The lowest BCUT2D eigenvalue weighted by molar-refractivity contribution is 0.100. The predicted octanol–water partition coefficient (Wildman–Crippen LogP) is 3.99. The average Bonchev–Trinajstić information content (AvgIpc) is 3.33. The Kier molecular flexibility index (Phi) is 2.96. The van der Waals surface area contributed by atoms with E-state index in [4.69, 9.17) is 5.73 Å². The monoisotopic (exact) mass is 328 g/mol. The molecule has 0 radical (unpaired) electrons. The first-order valence-electron chi connectivity index (χ1n) is 8.88. The predicted molar refractivity (Wildman–Crippen MR) is 101 cm³/mol.